The zero-order valence-electron chi connectivity index (χ0n) is 7.59. The SMILES string of the molecule is CCOC(=O)c1c(Br)ccnc1CBr. The van der Waals surface area contributed by atoms with Crippen LogP contribution in [0.4, 0.5) is 0 Å². The van der Waals surface area contributed by atoms with Gasteiger partial charge in [0.2, 0.25) is 0 Å². The molecule has 0 radical (unpaired) electrons. The van der Waals surface area contributed by atoms with Crippen molar-refractivity contribution in [3.8, 4) is 0 Å². The molecule has 0 fully saturated rings. The Morgan fingerprint density at radius 3 is 2.93 bits per heavy atom. The molecule has 1 aromatic heterocycles. The monoisotopic (exact) mass is 321 g/mol. The highest BCUT2D eigenvalue weighted by Gasteiger charge is 2.16. The van der Waals surface area contributed by atoms with Crippen molar-refractivity contribution in [2.24, 2.45) is 0 Å². The molecular weight excluding hydrogens is 314 g/mol. The number of pyridine rings is 1. The van der Waals surface area contributed by atoms with Crippen molar-refractivity contribution in [2.45, 2.75) is 12.3 Å². The summed E-state index contributed by atoms with van der Waals surface area (Å²) in [5, 5.41) is 0.528. The lowest BCUT2D eigenvalue weighted by Crippen LogP contribution is -2.09. The minimum atomic E-state index is -0.345. The number of alkyl halides is 1. The molecule has 0 unspecified atom stereocenters. The lowest BCUT2D eigenvalue weighted by Gasteiger charge is -2.07. The van der Waals surface area contributed by atoms with Crippen molar-refractivity contribution < 1.29 is 9.53 Å². The lowest BCUT2D eigenvalue weighted by molar-refractivity contribution is 0.0524. The quantitative estimate of drug-likeness (QED) is 0.634. The van der Waals surface area contributed by atoms with Crippen molar-refractivity contribution in [3.63, 3.8) is 0 Å². The van der Waals surface area contributed by atoms with Crippen LogP contribution in [0.3, 0.4) is 0 Å². The van der Waals surface area contributed by atoms with E-state index in [0.29, 0.717) is 27.7 Å². The van der Waals surface area contributed by atoms with Gasteiger partial charge in [-0.3, -0.25) is 4.98 Å². The summed E-state index contributed by atoms with van der Waals surface area (Å²) < 4.78 is 5.63. The Bertz CT molecular complexity index is 342. The van der Waals surface area contributed by atoms with Gasteiger partial charge in [-0.2, -0.15) is 0 Å². The molecule has 0 bridgehead atoms. The predicted octanol–water partition coefficient (Wildman–Crippen LogP) is 2.92. The first-order valence-corrected chi connectivity index (χ1v) is 5.98. The van der Waals surface area contributed by atoms with Crippen molar-refractivity contribution in [2.75, 3.05) is 6.61 Å². The van der Waals surface area contributed by atoms with Crippen LogP contribution in [0, 0.1) is 0 Å². The molecule has 0 aromatic carbocycles. The molecule has 0 saturated heterocycles. The molecule has 76 valence electrons. The maximum Gasteiger partial charge on any atom is 0.341 e. The molecule has 0 aliphatic carbocycles. The largest absolute Gasteiger partial charge is 0.462 e. The number of rotatable bonds is 3. The second-order valence-corrected chi connectivity index (χ2v) is 3.88. The standard InChI is InChI=1S/C9H9Br2NO2/c1-2-14-9(13)8-6(11)3-4-12-7(8)5-10/h3-4H,2,5H2,1H3. The van der Waals surface area contributed by atoms with Gasteiger partial charge in [0.15, 0.2) is 0 Å². The van der Waals surface area contributed by atoms with Gasteiger partial charge in [0.05, 0.1) is 17.9 Å². The van der Waals surface area contributed by atoms with Gasteiger partial charge in [0.1, 0.15) is 0 Å². The third-order valence-electron chi connectivity index (χ3n) is 1.58. The number of aromatic nitrogens is 1. The van der Waals surface area contributed by atoms with Gasteiger partial charge in [-0.25, -0.2) is 4.79 Å². The molecule has 1 rings (SSSR count). The highest BCUT2D eigenvalue weighted by Crippen LogP contribution is 2.21. The van der Waals surface area contributed by atoms with E-state index in [2.05, 4.69) is 36.8 Å². The van der Waals surface area contributed by atoms with Crippen molar-refractivity contribution in [1.29, 1.82) is 0 Å². The molecule has 0 N–H and O–H groups in total. The average Bonchev–Trinajstić information content (AvgIpc) is 2.17. The Labute approximate surface area is 99.1 Å². The van der Waals surface area contributed by atoms with E-state index in [1.54, 1.807) is 19.2 Å². The second kappa shape index (κ2) is 5.46. The number of carbonyl (C=O) groups excluding carboxylic acids is 1. The van der Waals surface area contributed by atoms with E-state index in [1.165, 1.54) is 0 Å². The Hall–Kier alpha value is -0.420. The van der Waals surface area contributed by atoms with Gasteiger partial charge in [0, 0.05) is 16.0 Å². The Morgan fingerprint density at radius 2 is 2.36 bits per heavy atom. The van der Waals surface area contributed by atoms with Crippen LogP contribution in [0.1, 0.15) is 23.0 Å². The number of ether oxygens (including phenoxy) is 1. The predicted molar refractivity (Wildman–Crippen MR) is 60.5 cm³/mol. The zero-order valence-corrected chi connectivity index (χ0v) is 10.8. The zero-order chi connectivity index (χ0) is 10.6. The van der Waals surface area contributed by atoms with Crippen LogP contribution in [-0.2, 0) is 10.1 Å². The fraction of sp³-hybridized carbons (Fsp3) is 0.333. The molecular formula is C9H9Br2NO2. The first-order chi connectivity index (χ1) is 6.70. The van der Waals surface area contributed by atoms with Crippen LogP contribution in [0.25, 0.3) is 0 Å². The normalized spacial score (nSPS) is 9.93. The molecule has 0 aliphatic rings. The maximum absolute atomic E-state index is 11.5. The smallest absolute Gasteiger partial charge is 0.341 e. The van der Waals surface area contributed by atoms with E-state index >= 15 is 0 Å². The molecule has 0 spiro atoms. The summed E-state index contributed by atoms with van der Waals surface area (Å²) in [6.07, 6.45) is 1.64. The van der Waals surface area contributed by atoms with Gasteiger partial charge in [-0.1, -0.05) is 15.9 Å². The fourth-order valence-corrected chi connectivity index (χ4v) is 1.93. The van der Waals surface area contributed by atoms with Crippen molar-refractivity contribution in [1.82, 2.24) is 4.98 Å². The number of carbonyl (C=O) groups is 1. The summed E-state index contributed by atoms with van der Waals surface area (Å²) in [7, 11) is 0. The van der Waals surface area contributed by atoms with E-state index < -0.39 is 0 Å². The molecule has 5 heteroatoms. The summed E-state index contributed by atoms with van der Waals surface area (Å²) in [5.74, 6) is -0.345. The van der Waals surface area contributed by atoms with Gasteiger partial charge in [-0.15, -0.1) is 0 Å². The number of halogens is 2. The Morgan fingerprint density at radius 1 is 1.64 bits per heavy atom. The van der Waals surface area contributed by atoms with Gasteiger partial charge >= 0.3 is 5.97 Å². The fourth-order valence-electron chi connectivity index (χ4n) is 0.998. The van der Waals surface area contributed by atoms with Crippen molar-refractivity contribution >= 4 is 37.8 Å². The lowest BCUT2D eigenvalue weighted by atomic mass is 10.2. The van der Waals surface area contributed by atoms with E-state index in [-0.39, 0.29) is 5.97 Å². The number of esters is 1. The number of hydrogen-bond acceptors (Lipinski definition) is 3. The summed E-state index contributed by atoms with van der Waals surface area (Å²) >= 11 is 6.57. The minimum absolute atomic E-state index is 0.345. The summed E-state index contributed by atoms with van der Waals surface area (Å²) in [6, 6.07) is 1.72. The summed E-state index contributed by atoms with van der Waals surface area (Å²) in [4.78, 5) is 15.6. The van der Waals surface area contributed by atoms with E-state index in [1.807, 2.05) is 0 Å². The van der Waals surface area contributed by atoms with Gasteiger partial charge in [-0.05, 0) is 28.9 Å². The highest BCUT2D eigenvalue weighted by atomic mass is 79.9. The van der Waals surface area contributed by atoms with Crippen LogP contribution >= 0.6 is 31.9 Å². The van der Waals surface area contributed by atoms with Crippen LogP contribution in [0.2, 0.25) is 0 Å². The van der Waals surface area contributed by atoms with E-state index in [0.717, 1.165) is 0 Å². The van der Waals surface area contributed by atoms with Crippen LogP contribution in [0.5, 0.6) is 0 Å². The molecule has 0 saturated carbocycles. The van der Waals surface area contributed by atoms with Crippen LogP contribution in [0.15, 0.2) is 16.7 Å². The Balaban J connectivity index is 3.10. The van der Waals surface area contributed by atoms with Crippen molar-refractivity contribution in [3.05, 3.63) is 28.0 Å². The summed E-state index contributed by atoms with van der Waals surface area (Å²) in [6.45, 7) is 2.14. The summed E-state index contributed by atoms with van der Waals surface area (Å²) in [5.41, 5.74) is 1.17. The minimum Gasteiger partial charge on any atom is -0.462 e. The van der Waals surface area contributed by atoms with Crippen LogP contribution < -0.4 is 0 Å². The molecule has 0 atom stereocenters. The van der Waals surface area contributed by atoms with Gasteiger partial charge in [0.25, 0.3) is 0 Å². The molecule has 3 nitrogen and oxygen atoms in total. The first-order valence-electron chi connectivity index (χ1n) is 4.07. The molecule has 14 heavy (non-hydrogen) atoms. The first kappa shape index (κ1) is 11.7. The second-order valence-electron chi connectivity index (χ2n) is 2.47. The number of hydrogen-bond donors (Lipinski definition) is 0. The topological polar surface area (TPSA) is 39.2 Å². The van der Waals surface area contributed by atoms with Gasteiger partial charge < -0.3 is 4.74 Å². The Kier molecular flexibility index (Phi) is 4.54. The van der Waals surface area contributed by atoms with Crippen LogP contribution in [-0.4, -0.2) is 17.6 Å². The van der Waals surface area contributed by atoms with E-state index in [9.17, 15) is 4.79 Å². The third kappa shape index (κ3) is 2.54. The highest BCUT2D eigenvalue weighted by molar-refractivity contribution is 9.10. The average molecular weight is 323 g/mol. The number of nitrogens with zero attached hydrogens (tertiary/aromatic N) is 1. The molecule has 0 aliphatic heterocycles. The maximum atomic E-state index is 11.5. The molecule has 1 heterocycles. The molecule has 0 amide bonds. The molecule has 1 aromatic rings. The van der Waals surface area contributed by atoms with E-state index in [4.69, 9.17) is 4.74 Å². The third-order valence-corrected chi connectivity index (χ3v) is 2.78.